The summed E-state index contributed by atoms with van der Waals surface area (Å²) in [7, 11) is 0. The van der Waals surface area contributed by atoms with Crippen LogP contribution in [0.2, 0.25) is 0 Å². The Morgan fingerprint density at radius 1 is 0.702 bits per heavy atom. The molecule has 3 nitrogen and oxygen atoms in total. The Morgan fingerprint density at radius 2 is 1.43 bits per heavy atom. The fourth-order valence-electron chi connectivity index (χ4n) is 8.65. The molecular weight excluding hydrogens is 591 g/mol. The molecule has 0 fully saturated rings. The largest absolute Gasteiger partial charge is 0.416 e. The summed E-state index contributed by atoms with van der Waals surface area (Å²) in [5, 5.41) is 2.43. The Hall–Kier alpha value is -5.36. The first-order valence-electron chi connectivity index (χ1n) is 16.1. The summed E-state index contributed by atoms with van der Waals surface area (Å²) in [5.41, 5.74) is 13.0. The first-order valence-corrected chi connectivity index (χ1v) is 16.1. The van der Waals surface area contributed by atoms with E-state index in [0.717, 1.165) is 73.8 Å². The van der Waals surface area contributed by atoms with Crippen molar-refractivity contribution in [2.75, 3.05) is 0 Å². The lowest BCUT2D eigenvalue weighted by Gasteiger charge is -2.31. The number of imidazole rings is 1. The van der Waals surface area contributed by atoms with Crippen molar-refractivity contribution in [3.8, 4) is 16.8 Å². The van der Waals surface area contributed by atoms with Crippen LogP contribution >= 0.6 is 0 Å². The van der Waals surface area contributed by atoms with Crippen molar-refractivity contribution in [2.24, 2.45) is 0 Å². The van der Waals surface area contributed by atoms with E-state index in [2.05, 4.69) is 77.4 Å². The van der Waals surface area contributed by atoms with E-state index in [9.17, 15) is 13.2 Å². The molecule has 0 bridgehead atoms. The molecule has 47 heavy (non-hydrogen) atoms. The van der Waals surface area contributed by atoms with Gasteiger partial charge in [0.15, 0.2) is 0 Å². The number of nitrogens with zero attached hydrogens (tertiary/aromatic N) is 3. The Labute approximate surface area is 268 Å². The van der Waals surface area contributed by atoms with Crippen molar-refractivity contribution in [1.29, 1.82) is 0 Å². The number of benzene rings is 6. The van der Waals surface area contributed by atoms with Crippen LogP contribution in [0.15, 0.2) is 103 Å². The van der Waals surface area contributed by atoms with Crippen molar-refractivity contribution in [2.45, 2.75) is 38.8 Å². The quantitative estimate of drug-likeness (QED) is 0.193. The number of para-hydroxylation sites is 1. The first kappa shape index (κ1) is 26.8. The fraction of sp³-hybridized carbons (Fsp3) is 0.146. The Kier molecular flexibility index (Phi) is 5.21. The van der Waals surface area contributed by atoms with Crippen LogP contribution in [0.1, 0.15) is 50.4 Å². The van der Waals surface area contributed by atoms with Gasteiger partial charge >= 0.3 is 6.18 Å². The number of hydrogen-bond acceptors (Lipinski definition) is 1. The van der Waals surface area contributed by atoms with Crippen molar-refractivity contribution in [3.05, 3.63) is 148 Å². The van der Waals surface area contributed by atoms with E-state index in [1.807, 2.05) is 36.4 Å². The molecule has 0 amide bonds. The molecule has 6 heteroatoms. The summed E-state index contributed by atoms with van der Waals surface area (Å²) in [4.78, 5) is 5.12. The SMILES string of the molecule is Cc1cccc(C)c1C1c2cc(C(F)(F)F)cc3nc4n(-c5ccccc5-c5ccccc5)c5ccc6c7c(cc1c(c75)n4c23)CC6. The van der Waals surface area contributed by atoms with Gasteiger partial charge < -0.3 is 0 Å². The third-order valence-corrected chi connectivity index (χ3v) is 10.5. The molecule has 2 aromatic heterocycles. The van der Waals surface area contributed by atoms with Gasteiger partial charge in [0.05, 0.1) is 33.3 Å². The minimum Gasteiger partial charge on any atom is -0.279 e. The van der Waals surface area contributed by atoms with Crippen LogP contribution in [0.5, 0.6) is 0 Å². The molecule has 8 aromatic rings. The normalized spacial score (nSPS) is 15.4. The molecular formula is C41H28F3N3. The minimum atomic E-state index is -4.52. The lowest BCUT2D eigenvalue weighted by atomic mass is 9.77. The van der Waals surface area contributed by atoms with Crippen molar-refractivity contribution in [1.82, 2.24) is 14.0 Å². The highest BCUT2D eigenvalue weighted by molar-refractivity contribution is 6.16. The van der Waals surface area contributed by atoms with Crippen molar-refractivity contribution < 1.29 is 13.2 Å². The highest BCUT2D eigenvalue weighted by Gasteiger charge is 2.39. The second kappa shape index (κ2) is 9.13. The molecule has 10 rings (SSSR count). The van der Waals surface area contributed by atoms with Crippen LogP contribution in [0, 0.1) is 13.8 Å². The van der Waals surface area contributed by atoms with Crippen LogP contribution in [0.3, 0.4) is 0 Å². The first-order chi connectivity index (χ1) is 22.8. The highest BCUT2D eigenvalue weighted by atomic mass is 19.4. The van der Waals surface area contributed by atoms with Crippen LogP contribution in [-0.2, 0) is 19.0 Å². The maximum Gasteiger partial charge on any atom is 0.416 e. The van der Waals surface area contributed by atoms with Crippen LogP contribution in [0.25, 0.3) is 55.4 Å². The van der Waals surface area contributed by atoms with Crippen LogP contribution in [0.4, 0.5) is 13.2 Å². The van der Waals surface area contributed by atoms with Crippen molar-refractivity contribution in [3.63, 3.8) is 0 Å². The number of halogens is 3. The number of hydrogen-bond donors (Lipinski definition) is 0. The van der Waals surface area contributed by atoms with Crippen LogP contribution < -0.4 is 0 Å². The third kappa shape index (κ3) is 3.50. The zero-order valence-electron chi connectivity index (χ0n) is 25.8. The molecule has 1 atom stereocenters. The second-order valence-corrected chi connectivity index (χ2v) is 13.1. The monoisotopic (exact) mass is 619 g/mol. The van der Waals surface area contributed by atoms with Crippen LogP contribution in [-0.4, -0.2) is 14.0 Å². The predicted octanol–water partition coefficient (Wildman–Crippen LogP) is 10.5. The zero-order chi connectivity index (χ0) is 31.8. The van der Waals surface area contributed by atoms with Gasteiger partial charge in [-0.25, -0.2) is 4.98 Å². The summed E-state index contributed by atoms with van der Waals surface area (Å²) in [5.74, 6) is 0.243. The van der Waals surface area contributed by atoms with Gasteiger partial charge in [-0.1, -0.05) is 78.9 Å². The minimum absolute atomic E-state index is 0.356. The molecule has 0 radical (unpaired) electrons. The zero-order valence-corrected chi connectivity index (χ0v) is 25.8. The summed E-state index contributed by atoms with van der Waals surface area (Å²) in [6.45, 7) is 4.14. The molecule has 228 valence electrons. The van der Waals surface area contributed by atoms with Gasteiger partial charge in [0.25, 0.3) is 0 Å². The van der Waals surface area contributed by atoms with Gasteiger partial charge in [0.2, 0.25) is 5.78 Å². The fourth-order valence-corrected chi connectivity index (χ4v) is 8.65. The van der Waals surface area contributed by atoms with Gasteiger partial charge in [-0.05, 0) is 101 Å². The molecule has 2 aliphatic rings. The molecule has 0 N–H and O–H groups in total. The topological polar surface area (TPSA) is 22.2 Å². The molecule has 6 aromatic carbocycles. The average Bonchev–Trinajstić information content (AvgIpc) is 3.67. The second-order valence-electron chi connectivity index (χ2n) is 13.1. The van der Waals surface area contributed by atoms with Gasteiger partial charge in [0, 0.05) is 16.9 Å². The Balaban J connectivity index is 1.47. The van der Waals surface area contributed by atoms with E-state index < -0.39 is 11.7 Å². The molecule has 1 unspecified atom stereocenters. The van der Waals surface area contributed by atoms with Gasteiger partial charge in [-0.3, -0.25) is 8.97 Å². The summed E-state index contributed by atoms with van der Waals surface area (Å²) < 4.78 is 48.3. The molecule has 0 saturated heterocycles. The Morgan fingerprint density at radius 3 is 2.21 bits per heavy atom. The summed E-state index contributed by atoms with van der Waals surface area (Å²) in [6, 6.07) is 34.0. The highest BCUT2D eigenvalue weighted by Crippen LogP contribution is 2.51. The smallest absolute Gasteiger partial charge is 0.279 e. The Bertz CT molecular complexity index is 2620. The van der Waals surface area contributed by atoms with E-state index in [1.54, 1.807) is 0 Å². The third-order valence-electron chi connectivity index (χ3n) is 10.5. The maximum atomic E-state index is 14.7. The summed E-state index contributed by atoms with van der Waals surface area (Å²) in [6.07, 6.45) is -2.67. The number of rotatable bonds is 3. The van der Waals surface area contributed by atoms with E-state index in [1.165, 1.54) is 28.6 Å². The average molecular weight is 620 g/mol. The predicted molar refractivity (Wildman–Crippen MR) is 182 cm³/mol. The number of alkyl halides is 3. The molecule has 1 aliphatic carbocycles. The lowest BCUT2D eigenvalue weighted by Crippen LogP contribution is -2.18. The van der Waals surface area contributed by atoms with Gasteiger partial charge in [0.1, 0.15) is 0 Å². The van der Waals surface area contributed by atoms with Gasteiger partial charge in [-0.15, -0.1) is 0 Å². The van der Waals surface area contributed by atoms with E-state index in [4.69, 9.17) is 4.98 Å². The van der Waals surface area contributed by atoms with Crippen molar-refractivity contribution >= 4 is 38.6 Å². The molecule has 1 aliphatic heterocycles. The van der Waals surface area contributed by atoms with Gasteiger partial charge in [-0.2, -0.15) is 13.2 Å². The van der Waals surface area contributed by atoms with E-state index >= 15 is 0 Å². The molecule has 0 spiro atoms. The molecule has 3 heterocycles. The number of aryl methyl sites for hydroxylation is 4. The standard InChI is InChI=1S/C41H28F3N3/c1-22-9-8-10-23(2)34(22)36-29-19-26-16-15-25-17-18-33-37(35(25)26)39(29)47-38-30(36)20-27(41(42,43)44)21-31(38)45-40(47)46(33)32-14-7-6-13-28(32)24-11-4-3-5-12-24/h3-14,17-21,36H,15-16H2,1-2H3. The number of aromatic nitrogens is 3. The summed E-state index contributed by atoms with van der Waals surface area (Å²) >= 11 is 0. The van der Waals surface area contributed by atoms with E-state index in [0.29, 0.717) is 16.9 Å². The lowest BCUT2D eigenvalue weighted by molar-refractivity contribution is -0.137. The maximum absolute atomic E-state index is 14.7. The molecule has 0 saturated carbocycles. The van der Waals surface area contributed by atoms with E-state index in [-0.39, 0.29) is 5.92 Å².